The van der Waals surface area contributed by atoms with Gasteiger partial charge >= 0.3 is 0 Å². The van der Waals surface area contributed by atoms with Crippen molar-refractivity contribution in [3.8, 4) is 11.4 Å². The predicted octanol–water partition coefficient (Wildman–Crippen LogP) is 1.82. The molecule has 0 saturated carbocycles. The predicted molar refractivity (Wildman–Crippen MR) is 95.0 cm³/mol. The van der Waals surface area contributed by atoms with Crippen LogP contribution in [0.3, 0.4) is 0 Å². The molecule has 9 heteroatoms. The number of ether oxygens (including phenoxy) is 1. The van der Waals surface area contributed by atoms with Crippen molar-refractivity contribution >= 4 is 17.7 Å². The first-order chi connectivity index (χ1) is 12.0. The van der Waals surface area contributed by atoms with E-state index < -0.39 is 5.82 Å². The van der Waals surface area contributed by atoms with Crippen LogP contribution in [0.1, 0.15) is 20.3 Å². The maximum atomic E-state index is 13.8. The Balaban J connectivity index is 1.82. The molecule has 2 aromatic rings. The van der Waals surface area contributed by atoms with Crippen molar-refractivity contribution in [2.45, 2.75) is 31.5 Å². The summed E-state index contributed by atoms with van der Waals surface area (Å²) in [4.78, 5) is 11.8. The standard InChI is InChI=1S/C16H22FN5O2S/c1-11(2)24-9-5-8-19-14(23)10-25-16-21-20-15(22(16)18)12-6-3-4-7-13(12)17/h3-4,6-7,11H,5,8-10,18H2,1-2H3,(H,19,23). The normalized spacial score (nSPS) is 11.0. The van der Waals surface area contributed by atoms with E-state index in [1.54, 1.807) is 18.2 Å². The summed E-state index contributed by atoms with van der Waals surface area (Å²) in [5, 5.41) is 11.0. The maximum absolute atomic E-state index is 13.8. The van der Waals surface area contributed by atoms with Gasteiger partial charge in [-0.25, -0.2) is 9.07 Å². The van der Waals surface area contributed by atoms with Gasteiger partial charge in [0.25, 0.3) is 0 Å². The van der Waals surface area contributed by atoms with Gasteiger partial charge in [-0.3, -0.25) is 4.79 Å². The number of amides is 1. The summed E-state index contributed by atoms with van der Waals surface area (Å²) in [6, 6.07) is 6.18. The fourth-order valence-electron chi connectivity index (χ4n) is 2.00. The molecule has 7 nitrogen and oxygen atoms in total. The minimum Gasteiger partial charge on any atom is -0.379 e. The zero-order chi connectivity index (χ0) is 18.2. The van der Waals surface area contributed by atoms with Crippen molar-refractivity contribution in [3.05, 3.63) is 30.1 Å². The Hall–Kier alpha value is -2.13. The van der Waals surface area contributed by atoms with Crippen LogP contribution >= 0.6 is 11.8 Å². The van der Waals surface area contributed by atoms with E-state index in [2.05, 4.69) is 15.5 Å². The Labute approximate surface area is 150 Å². The molecule has 3 N–H and O–H groups in total. The number of thioether (sulfide) groups is 1. The number of nitrogens with two attached hydrogens (primary N) is 1. The quantitative estimate of drug-likeness (QED) is 0.399. The molecule has 136 valence electrons. The lowest BCUT2D eigenvalue weighted by Crippen LogP contribution is -2.27. The Kier molecular flexibility index (Phi) is 7.20. The Morgan fingerprint density at radius 2 is 2.16 bits per heavy atom. The third-order valence-corrected chi connectivity index (χ3v) is 4.15. The van der Waals surface area contributed by atoms with E-state index in [0.717, 1.165) is 18.2 Å². The van der Waals surface area contributed by atoms with Gasteiger partial charge in [0, 0.05) is 13.2 Å². The first-order valence-corrected chi connectivity index (χ1v) is 8.94. The van der Waals surface area contributed by atoms with E-state index in [4.69, 9.17) is 10.6 Å². The number of hydrogen-bond donors (Lipinski definition) is 2. The van der Waals surface area contributed by atoms with Crippen LogP contribution in [0.5, 0.6) is 0 Å². The first-order valence-electron chi connectivity index (χ1n) is 7.95. The van der Waals surface area contributed by atoms with Crippen LogP contribution in [-0.2, 0) is 9.53 Å². The lowest BCUT2D eigenvalue weighted by molar-refractivity contribution is -0.118. The number of carbonyl (C=O) groups excluding carboxylic acids is 1. The second-order valence-electron chi connectivity index (χ2n) is 5.57. The number of benzene rings is 1. The van der Waals surface area contributed by atoms with Gasteiger partial charge < -0.3 is 15.9 Å². The smallest absolute Gasteiger partial charge is 0.230 e. The highest BCUT2D eigenvalue weighted by Crippen LogP contribution is 2.23. The van der Waals surface area contributed by atoms with E-state index >= 15 is 0 Å². The molecule has 0 saturated heterocycles. The molecule has 1 amide bonds. The van der Waals surface area contributed by atoms with E-state index in [1.807, 2.05) is 13.8 Å². The van der Waals surface area contributed by atoms with Crippen molar-refractivity contribution in [3.63, 3.8) is 0 Å². The highest BCUT2D eigenvalue weighted by molar-refractivity contribution is 7.99. The van der Waals surface area contributed by atoms with Crippen LogP contribution in [0.4, 0.5) is 4.39 Å². The molecule has 25 heavy (non-hydrogen) atoms. The van der Waals surface area contributed by atoms with Gasteiger partial charge in [0.15, 0.2) is 5.82 Å². The lowest BCUT2D eigenvalue weighted by Gasteiger charge is -2.08. The fraction of sp³-hybridized carbons (Fsp3) is 0.438. The molecule has 0 radical (unpaired) electrons. The molecule has 0 bridgehead atoms. The summed E-state index contributed by atoms with van der Waals surface area (Å²) >= 11 is 1.14. The second kappa shape index (κ2) is 9.38. The molecule has 2 rings (SSSR count). The topological polar surface area (TPSA) is 95.1 Å². The van der Waals surface area contributed by atoms with Gasteiger partial charge in [0.2, 0.25) is 11.1 Å². The van der Waals surface area contributed by atoms with Crippen LogP contribution in [-0.4, -0.2) is 45.8 Å². The minimum absolute atomic E-state index is 0.134. The van der Waals surface area contributed by atoms with Crippen LogP contribution in [0.25, 0.3) is 11.4 Å². The monoisotopic (exact) mass is 367 g/mol. The van der Waals surface area contributed by atoms with Gasteiger partial charge in [-0.1, -0.05) is 23.9 Å². The van der Waals surface area contributed by atoms with Crippen LogP contribution in [0, 0.1) is 5.82 Å². The van der Waals surface area contributed by atoms with Gasteiger partial charge in [-0.15, -0.1) is 10.2 Å². The van der Waals surface area contributed by atoms with Gasteiger partial charge in [-0.05, 0) is 32.4 Å². The van der Waals surface area contributed by atoms with E-state index in [0.29, 0.717) is 18.3 Å². The number of nitrogen functional groups attached to an aromatic ring is 1. The highest BCUT2D eigenvalue weighted by Gasteiger charge is 2.16. The molecule has 1 aromatic heterocycles. The summed E-state index contributed by atoms with van der Waals surface area (Å²) in [5.41, 5.74) is 0.263. The average molecular weight is 367 g/mol. The zero-order valence-electron chi connectivity index (χ0n) is 14.2. The molecular formula is C16H22FN5O2S. The molecule has 0 spiro atoms. The maximum Gasteiger partial charge on any atom is 0.230 e. The number of rotatable bonds is 9. The van der Waals surface area contributed by atoms with Crippen LogP contribution in [0.15, 0.2) is 29.4 Å². The number of halogens is 1. The third kappa shape index (κ3) is 5.71. The van der Waals surface area contributed by atoms with Crippen molar-refractivity contribution < 1.29 is 13.9 Å². The largest absolute Gasteiger partial charge is 0.379 e. The SMILES string of the molecule is CC(C)OCCCNC(=O)CSc1nnc(-c2ccccc2F)n1N. The summed E-state index contributed by atoms with van der Waals surface area (Å²) in [5.74, 6) is 5.71. The Morgan fingerprint density at radius 3 is 2.88 bits per heavy atom. The van der Waals surface area contributed by atoms with Crippen molar-refractivity contribution in [2.24, 2.45) is 0 Å². The number of nitrogens with one attached hydrogen (secondary N) is 1. The lowest BCUT2D eigenvalue weighted by atomic mass is 10.2. The Bertz CT molecular complexity index is 708. The van der Waals surface area contributed by atoms with Crippen molar-refractivity contribution in [2.75, 3.05) is 24.7 Å². The van der Waals surface area contributed by atoms with Gasteiger partial charge in [0.05, 0.1) is 17.4 Å². The van der Waals surface area contributed by atoms with Gasteiger partial charge in [-0.2, -0.15) is 0 Å². The van der Waals surface area contributed by atoms with Crippen molar-refractivity contribution in [1.29, 1.82) is 0 Å². The molecule has 0 unspecified atom stereocenters. The number of carbonyl (C=O) groups is 1. The molecule has 0 aliphatic carbocycles. The van der Waals surface area contributed by atoms with E-state index in [-0.39, 0.29) is 29.2 Å². The third-order valence-electron chi connectivity index (χ3n) is 3.21. The summed E-state index contributed by atoms with van der Waals surface area (Å²) < 4.78 is 20.4. The first kappa shape index (κ1) is 19.2. The molecule has 0 fully saturated rings. The minimum atomic E-state index is -0.431. The molecule has 1 aromatic carbocycles. The average Bonchev–Trinajstić information content (AvgIpc) is 2.93. The molecule has 1 heterocycles. The van der Waals surface area contributed by atoms with E-state index in [9.17, 15) is 9.18 Å². The fourth-order valence-corrected chi connectivity index (χ4v) is 2.69. The molecular weight excluding hydrogens is 345 g/mol. The summed E-state index contributed by atoms with van der Waals surface area (Å²) in [6.07, 6.45) is 0.935. The highest BCUT2D eigenvalue weighted by atomic mass is 32.2. The second-order valence-corrected chi connectivity index (χ2v) is 6.51. The number of hydrogen-bond acceptors (Lipinski definition) is 6. The van der Waals surface area contributed by atoms with E-state index in [1.165, 1.54) is 10.7 Å². The summed E-state index contributed by atoms with van der Waals surface area (Å²) in [7, 11) is 0. The van der Waals surface area contributed by atoms with Gasteiger partial charge in [0.1, 0.15) is 5.82 Å². The van der Waals surface area contributed by atoms with Crippen LogP contribution in [0.2, 0.25) is 0 Å². The Morgan fingerprint density at radius 1 is 1.40 bits per heavy atom. The number of aromatic nitrogens is 3. The van der Waals surface area contributed by atoms with Crippen molar-refractivity contribution in [1.82, 2.24) is 20.2 Å². The van der Waals surface area contributed by atoms with Crippen LogP contribution < -0.4 is 11.2 Å². The molecule has 0 aliphatic heterocycles. The summed E-state index contributed by atoms with van der Waals surface area (Å²) in [6.45, 7) is 5.08. The molecule has 0 atom stereocenters. The number of nitrogens with zero attached hydrogens (tertiary/aromatic N) is 3. The molecule has 0 aliphatic rings. The zero-order valence-corrected chi connectivity index (χ0v) is 15.1.